The highest BCUT2D eigenvalue weighted by molar-refractivity contribution is 4.92. The topological polar surface area (TPSA) is 50.7 Å². The first-order valence-electron chi connectivity index (χ1n) is 7.34. The zero-order valence-corrected chi connectivity index (χ0v) is 11.9. The van der Waals surface area contributed by atoms with Crippen LogP contribution in [-0.4, -0.2) is 50.2 Å². The molecule has 0 radical (unpaired) electrons. The zero-order chi connectivity index (χ0) is 13.2. The highest BCUT2D eigenvalue weighted by atomic mass is 16.5. The van der Waals surface area contributed by atoms with Crippen molar-refractivity contribution in [1.29, 1.82) is 0 Å². The number of aliphatic hydroxyl groups excluding tert-OH is 1. The fourth-order valence-corrected chi connectivity index (χ4v) is 1.98. The van der Waals surface area contributed by atoms with Crippen LogP contribution in [0.5, 0.6) is 0 Å². The van der Waals surface area contributed by atoms with Crippen LogP contribution in [0.3, 0.4) is 0 Å². The van der Waals surface area contributed by atoms with Crippen molar-refractivity contribution in [2.45, 2.75) is 51.7 Å². The molecule has 1 fully saturated rings. The van der Waals surface area contributed by atoms with Gasteiger partial charge in [0, 0.05) is 19.2 Å². The molecule has 0 aromatic carbocycles. The van der Waals surface area contributed by atoms with Gasteiger partial charge in [-0.15, -0.1) is 0 Å². The summed E-state index contributed by atoms with van der Waals surface area (Å²) in [5, 5.41) is 13.1. The summed E-state index contributed by atoms with van der Waals surface area (Å²) < 4.78 is 10.7. The van der Waals surface area contributed by atoms with E-state index < -0.39 is 6.10 Å². The lowest BCUT2D eigenvalue weighted by molar-refractivity contribution is 0.00375. The highest BCUT2D eigenvalue weighted by Crippen LogP contribution is 2.32. The summed E-state index contributed by atoms with van der Waals surface area (Å²) in [6.07, 6.45) is 4.35. The molecule has 0 amide bonds. The maximum Gasteiger partial charge on any atom is 0.0897 e. The molecule has 3 atom stereocenters. The van der Waals surface area contributed by atoms with Crippen LogP contribution < -0.4 is 5.32 Å². The molecule has 2 N–H and O–H groups in total. The van der Waals surface area contributed by atoms with Gasteiger partial charge in [0.05, 0.1) is 25.9 Å². The van der Waals surface area contributed by atoms with Crippen molar-refractivity contribution in [1.82, 2.24) is 5.32 Å². The van der Waals surface area contributed by atoms with Crippen molar-refractivity contribution in [3.8, 4) is 0 Å². The molecule has 0 saturated heterocycles. The SMILES string of the molecule is CCCCOCCOCC(O)CNC1CC1CC. The summed E-state index contributed by atoms with van der Waals surface area (Å²) in [4.78, 5) is 0. The average Bonchev–Trinajstić information content (AvgIpc) is 3.14. The van der Waals surface area contributed by atoms with Gasteiger partial charge in [-0.1, -0.05) is 26.7 Å². The Bertz CT molecular complexity index is 201. The van der Waals surface area contributed by atoms with Gasteiger partial charge in [-0.25, -0.2) is 0 Å². The molecule has 108 valence electrons. The molecule has 0 aliphatic heterocycles. The van der Waals surface area contributed by atoms with Crippen molar-refractivity contribution in [2.24, 2.45) is 5.92 Å². The fourth-order valence-electron chi connectivity index (χ4n) is 1.98. The predicted octanol–water partition coefficient (Wildman–Crippen LogP) is 1.57. The van der Waals surface area contributed by atoms with Crippen molar-refractivity contribution >= 4 is 0 Å². The number of hydrogen-bond acceptors (Lipinski definition) is 4. The predicted molar refractivity (Wildman–Crippen MR) is 72.7 cm³/mol. The minimum Gasteiger partial charge on any atom is -0.389 e. The van der Waals surface area contributed by atoms with Crippen molar-refractivity contribution in [3.63, 3.8) is 0 Å². The Labute approximate surface area is 111 Å². The fraction of sp³-hybridized carbons (Fsp3) is 1.00. The summed E-state index contributed by atoms with van der Waals surface area (Å²) in [6.45, 7) is 7.40. The van der Waals surface area contributed by atoms with E-state index in [2.05, 4.69) is 19.2 Å². The summed E-state index contributed by atoms with van der Waals surface area (Å²) in [5.41, 5.74) is 0. The van der Waals surface area contributed by atoms with Crippen LogP contribution in [0.1, 0.15) is 39.5 Å². The Balaban J connectivity index is 1.80. The number of aliphatic hydroxyl groups is 1. The Kier molecular flexibility index (Phi) is 8.59. The lowest BCUT2D eigenvalue weighted by atomic mass is 10.3. The number of nitrogens with one attached hydrogen (secondary N) is 1. The average molecular weight is 259 g/mol. The van der Waals surface area contributed by atoms with E-state index in [1.807, 2.05) is 0 Å². The van der Waals surface area contributed by atoms with E-state index in [4.69, 9.17) is 9.47 Å². The minimum absolute atomic E-state index is 0.396. The smallest absolute Gasteiger partial charge is 0.0897 e. The van der Waals surface area contributed by atoms with Crippen LogP contribution in [0, 0.1) is 5.92 Å². The van der Waals surface area contributed by atoms with Gasteiger partial charge in [0.1, 0.15) is 0 Å². The molecule has 1 rings (SSSR count). The molecule has 4 nitrogen and oxygen atoms in total. The second-order valence-corrected chi connectivity index (χ2v) is 5.11. The molecule has 0 bridgehead atoms. The first-order chi connectivity index (χ1) is 8.77. The first-order valence-corrected chi connectivity index (χ1v) is 7.34. The highest BCUT2D eigenvalue weighted by Gasteiger charge is 2.34. The number of rotatable bonds is 12. The molecular weight excluding hydrogens is 230 g/mol. The first kappa shape index (κ1) is 15.9. The van der Waals surface area contributed by atoms with Crippen molar-refractivity contribution < 1.29 is 14.6 Å². The van der Waals surface area contributed by atoms with Crippen LogP contribution in [-0.2, 0) is 9.47 Å². The van der Waals surface area contributed by atoms with Crippen LogP contribution in [0.2, 0.25) is 0 Å². The molecular formula is C14H29NO3. The zero-order valence-electron chi connectivity index (χ0n) is 11.9. The molecule has 0 spiro atoms. The largest absolute Gasteiger partial charge is 0.389 e. The second kappa shape index (κ2) is 9.73. The third-order valence-electron chi connectivity index (χ3n) is 3.39. The van der Waals surface area contributed by atoms with Gasteiger partial charge in [0.25, 0.3) is 0 Å². The Hall–Kier alpha value is -0.160. The molecule has 0 aromatic rings. The molecule has 0 heterocycles. The van der Waals surface area contributed by atoms with E-state index in [1.54, 1.807) is 0 Å². The van der Waals surface area contributed by atoms with Crippen LogP contribution in [0.25, 0.3) is 0 Å². The summed E-state index contributed by atoms with van der Waals surface area (Å²) >= 11 is 0. The standard InChI is InChI=1S/C14H29NO3/c1-3-5-6-17-7-8-18-11-13(16)10-15-14-9-12(14)4-2/h12-16H,3-11H2,1-2H3. The van der Waals surface area contributed by atoms with Crippen molar-refractivity contribution in [3.05, 3.63) is 0 Å². The van der Waals surface area contributed by atoms with Gasteiger partial charge in [-0.05, 0) is 18.8 Å². The van der Waals surface area contributed by atoms with Crippen LogP contribution in [0.15, 0.2) is 0 Å². The van der Waals surface area contributed by atoms with Gasteiger partial charge in [0.2, 0.25) is 0 Å². The molecule has 1 aliphatic rings. The monoisotopic (exact) mass is 259 g/mol. The number of unbranched alkanes of at least 4 members (excludes halogenated alkanes) is 1. The van der Waals surface area contributed by atoms with E-state index in [1.165, 1.54) is 12.8 Å². The Morgan fingerprint density at radius 1 is 1.22 bits per heavy atom. The van der Waals surface area contributed by atoms with E-state index >= 15 is 0 Å². The number of ether oxygens (including phenoxy) is 2. The van der Waals surface area contributed by atoms with Crippen LogP contribution >= 0.6 is 0 Å². The molecule has 1 saturated carbocycles. The third-order valence-corrected chi connectivity index (χ3v) is 3.39. The normalized spacial score (nSPS) is 24.2. The quantitative estimate of drug-likeness (QED) is 0.522. The molecule has 4 heteroatoms. The van der Waals surface area contributed by atoms with Gasteiger partial charge in [-0.3, -0.25) is 0 Å². The maximum atomic E-state index is 9.70. The second-order valence-electron chi connectivity index (χ2n) is 5.11. The lowest BCUT2D eigenvalue weighted by Crippen LogP contribution is -2.32. The van der Waals surface area contributed by atoms with E-state index in [0.717, 1.165) is 25.4 Å². The molecule has 1 aliphatic carbocycles. The van der Waals surface area contributed by atoms with E-state index in [0.29, 0.717) is 32.4 Å². The van der Waals surface area contributed by atoms with Gasteiger partial charge >= 0.3 is 0 Å². The summed E-state index contributed by atoms with van der Waals surface area (Å²) in [5.74, 6) is 0.824. The van der Waals surface area contributed by atoms with E-state index in [-0.39, 0.29) is 0 Å². The summed E-state index contributed by atoms with van der Waals surface area (Å²) in [7, 11) is 0. The third kappa shape index (κ3) is 7.31. The maximum absolute atomic E-state index is 9.70. The van der Waals surface area contributed by atoms with Crippen molar-refractivity contribution in [2.75, 3.05) is 33.0 Å². The van der Waals surface area contributed by atoms with Gasteiger partial charge in [-0.2, -0.15) is 0 Å². The summed E-state index contributed by atoms with van der Waals surface area (Å²) in [6, 6.07) is 0.627. The Morgan fingerprint density at radius 2 is 2.00 bits per heavy atom. The molecule has 18 heavy (non-hydrogen) atoms. The van der Waals surface area contributed by atoms with E-state index in [9.17, 15) is 5.11 Å². The molecule has 0 aromatic heterocycles. The van der Waals surface area contributed by atoms with Gasteiger partial charge in [0.15, 0.2) is 0 Å². The van der Waals surface area contributed by atoms with Gasteiger partial charge < -0.3 is 19.9 Å². The number of hydrogen-bond donors (Lipinski definition) is 2. The minimum atomic E-state index is -0.404. The lowest BCUT2D eigenvalue weighted by Gasteiger charge is -2.12. The van der Waals surface area contributed by atoms with Crippen LogP contribution in [0.4, 0.5) is 0 Å². The molecule has 3 unspecified atom stereocenters. The Morgan fingerprint density at radius 3 is 2.67 bits per heavy atom.